The zero-order valence-electron chi connectivity index (χ0n) is 27.4. The molecule has 1 saturated carbocycles. The molecule has 8 nitrogen and oxygen atoms in total. The molecule has 2 aliphatic heterocycles. The van der Waals surface area contributed by atoms with Crippen molar-refractivity contribution in [3.8, 4) is 17.6 Å². The van der Waals surface area contributed by atoms with Crippen LogP contribution in [0, 0.1) is 29.6 Å². The third-order valence-electron chi connectivity index (χ3n) is 11.0. The van der Waals surface area contributed by atoms with E-state index in [4.69, 9.17) is 21.1 Å². The van der Waals surface area contributed by atoms with E-state index in [2.05, 4.69) is 33.6 Å². The molecule has 10 heteroatoms. The van der Waals surface area contributed by atoms with Gasteiger partial charge in [0, 0.05) is 48.5 Å². The largest absolute Gasteiger partial charge is 0.490 e. The van der Waals surface area contributed by atoms with Gasteiger partial charge >= 0.3 is 0 Å². The summed E-state index contributed by atoms with van der Waals surface area (Å²) in [5.74, 6) is 6.54. The summed E-state index contributed by atoms with van der Waals surface area (Å²) in [6.45, 7) is 5.29. The highest BCUT2D eigenvalue weighted by Gasteiger charge is 2.48. The Kier molecular flexibility index (Phi) is 9.70. The van der Waals surface area contributed by atoms with E-state index < -0.39 is 26.8 Å². The predicted octanol–water partition coefficient (Wildman–Crippen LogP) is 5.65. The molecule has 0 radical (unpaired) electrons. The second kappa shape index (κ2) is 13.5. The lowest BCUT2D eigenvalue weighted by Crippen LogP contribution is -2.52. The number of anilines is 1. The molecule has 4 aliphatic rings. The molecule has 47 heavy (non-hydrogen) atoms. The number of aliphatic hydroxyl groups excluding tert-OH is 1. The summed E-state index contributed by atoms with van der Waals surface area (Å²) in [6.07, 6.45) is 9.59. The van der Waals surface area contributed by atoms with E-state index in [1.54, 1.807) is 32.2 Å². The first-order chi connectivity index (χ1) is 22.5. The monoisotopic (exact) mass is 680 g/mol. The Hall–Kier alpha value is -3.03. The second-order valence-corrected chi connectivity index (χ2v) is 16.3. The number of aryl methyl sites for hydroxylation is 1. The molecule has 2 aromatic carbocycles. The van der Waals surface area contributed by atoms with Crippen LogP contribution >= 0.6 is 11.6 Å². The molecule has 252 valence electrons. The fourth-order valence-corrected chi connectivity index (χ4v) is 9.39. The number of benzene rings is 2. The van der Waals surface area contributed by atoms with Gasteiger partial charge in [0.2, 0.25) is 10.0 Å². The van der Waals surface area contributed by atoms with E-state index in [0.29, 0.717) is 38.3 Å². The zero-order chi connectivity index (χ0) is 33.4. The fourth-order valence-electron chi connectivity index (χ4n) is 7.91. The quantitative estimate of drug-likeness (QED) is 0.312. The van der Waals surface area contributed by atoms with Crippen LogP contribution in [-0.2, 0) is 26.6 Å². The number of carbonyl (C=O) groups excluding carboxylic acids is 1. The lowest BCUT2D eigenvalue weighted by molar-refractivity contribution is -0.0351. The predicted molar refractivity (Wildman–Crippen MR) is 184 cm³/mol. The maximum Gasteiger partial charge on any atom is 0.264 e. The lowest BCUT2D eigenvalue weighted by Gasteiger charge is -2.48. The van der Waals surface area contributed by atoms with Crippen LogP contribution in [0.15, 0.2) is 48.6 Å². The highest BCUT2D eigenvalue weighted by Crippen LogP contribution is 2.49. The van der Waals surface area contributed by atoms with Crippen LogP contribution in [0.5, 0.6) is 5.75 Å². The maximum absolute atomic E-state index is 13.5. The minimum atomic E-state index is -3.97. The summed E-state index contributed by atoms with van der Waals surface area (Å²) in [4.78, 5) is 15.8. The SMILES string of the molecule is CO[C@@]1(C#CCCO)/C=C\C[C@H](C)[C@@H](C)S(=O)(=O)NC(=O)c2ccc3c(c2)N(C[C@@H]2CC[C@H]21)C[C@@]1(CCCc2cc(Cl)ccc21)CO3. The van der Waals surface area contributed by atoms with Crippen LogP contribution in [0.2, 0.25) is 5.02 Å². The number of halogens is 1. The van der Waals surface area contributed by atoms with Gasteiger partial charge in [-0.25, -0.2) is 13.1 Å². The van der Waals surface area contributed by atoms with Crippen molar-refractivity contribution in [3.05, 3.63) is 70.3 Å². The number of hydrogen-bond acceptors (Lipinski definition) is 7. The third kappa shape index (κ3) is 6.55. The minimum absolute atomic E-state index is 0.0373. The molecule has 0 unspecified atom stereocenters. The number of fused-ring (bicyclic) bond motifs is 4. The number of sulfonamides is 1. The summed E-state index contributed by atoms with van der Waals surface area (Å²) < 4.78 is 42.0. The van der Waals surface area contributed by atoms with Crippen molar-refractivity contribution in [1.82, 2.24) is 4.72 Å². The Labute approximate surface area is 283 Å². The van der Waals surface area contributed by atoms with Gasteiger partial charge in [0.05, 0.1) is 24.2 Å². The number of hydrogen-bond donors (Lipinski definition) is 2. The van der Waals surface area contributed by atoms with E-state index in [1.165, 1.54) is 11.1 Å². The number of amides is 1. The summed E-state index contributed by atoms with van der Waals surface area (Å²) in [6, 6.07) is 11.4. The molecule has 1 spiro atoms. The lowest BCUT2D eigenvalue weighted by atomic mass is 9.64. The van der Waals surface area contributed by atoms with Gasteiger partial charge in [0.15, 0.2) is 0 Å². The average Bonchev–Trinajstić information content (AvgIpc) is 3.18. The van der Waals surface area contributed by atoms with Crippen LogP contribution in [0.1, 0.15) is 73.9 Å². The minimum Gasteiger partial charge on any atom is -0.490 e. The van der Waals surface area contributed by atoms with Crippen molar-refractivity contribution in [2.75, 3.05) is 38.3 Å². The molecule has 2 aromatic rings. The molecule has 2 heterocycles. The molecule has 2 aliphatic carbocycles. The van der Waals surface area contributed by atoms with Crippen molar-refractivity contribution >= 4 is 33.2 Å². The van der Waals surface area contributed by atoms with Crippen molar-refractivity contribution in [1.29, 1.82) is 0 Å². The second-order valence-electron chi connectivity index (χ2n) is 13.8. The Morgan fingerprint density at radius 2 is 2.02 bits per heavy atom. The molecule has 2 N–H and O–H groups in total. The molecule has 6 rings (SSSR count). The fraction of sp³-hybridized carbons (Fsp3) is 0.541. The number of methoxy groups -OCH3 is 1. The Bertz CT molecular complexity index is 1720. The Balaban J connectivity index is 1.47. The standard InChI is InChI=1S/C37H45ClN2O6S/c1-25-8-6-18-37(45-3,17-4-5-19-41)32-13-10-29(32)22-40-23-36(16-7-9-27-20-30(38)12-14-31(27)36)24-46-34-15-11-28(21-33(34)40)35(42)39-47(43,44)26(25)2/h6,11-12,14-15,18,20-21,25-26,29,32,41H,5,7-10,13,16,19,22-24H2,1-3H3,(H,39,42)/b18-6-/t25-,26+,29-,32+,36-,37-/m0/s1. The maximum atomic E-state index is 13.5. The normalized spacial score (nSPS) is 32.3. The van der Waals surface area contributed by atoms with E-state index in [-0.39, 0.29) is 35.3 Å². The summed E-state index contributed by atoms with van der Waals surface area (Å²) in [5.41, 5.74) is 2.35. The molecule has 0 aromatic heterocycles. The number of rotatable bonds is 2. The van der Waals surface area contributed by atoms with Crippen molar-refractivity contribution < 1.29 is 27.8 Å². The van der Waals surface area contributed by atoms with E-state index in [9.17, 15) is 18.3 Å². The molecular formula is C37H45ClN2O6S. The Morgan fingerprint density at radius 3 is 2.77 bits per heavy atom. The summed E-state index contributed by atoms with van der Waals surface area (Å²) in [5, 5.41) is 9.40. The van der Waals surface area contributed by atoms with Crippen LogP contribution in [0.4, 0.5) is 5.69 Å². The molecule has 6 atom stereocenters. The van der Waals surface area contributed by atoms with Gasteiger partial charge in [-0.3, -0.25) is 4.79 Å². The van der Waals surface area contributed by atoms with Gasteiger partial charge in [-0.05, 0) is 105 Å². The van der Waals surface area contributed by atoms with E-state index in [0.717, 1.165) is 42.8 Å². The first-order valence-electron chi connectivity index (χ1n) is 16.7. The first-order valence-corrected chi connectivity index (χ1v) is 18.6. The first kappa shape index (κ1) is 33.9. The third-order valence-corrected chi connectivity index (χ3v) is 13.1. The van der Waals surface area contributed by atoms with Crippen LogP contribution in [-0.4, -0.2) is 63.7 Å². The van der Waals surface area contributed by atoms with Gasteiger partial charge in [-0.2, -0.15) is 0 Å². The molecule has 1 amide bonds. The van der Waals surface area contributed by atoms with Crippen molar-refractivity contribution in [3.63, 3.8) is 0 Å². The van der Waals surface area contributed by atoms with Crippen molar-refractivity contribution in [2.45, 2.75) is 75.1 Å². The topological polar surface area (TPSA) is 105 Å². The van der Waals surface area contributed by atoms with Gasteiger partial charge in [0.25, 0.3) is 5.91 Å². The number of carbonyl (C=O) groups is 1. The number of nitrogens with zero attached hydrogens (tertiary/aromatic N) is 1. The summed E-state index contributed by atoms with van der Waals surface area (Å²) in [7, 11) is -2.29. The smallest absolute Gasteiger partial charge is 0.264 e. The zero-order valence-corrected chi connectivity index (χ0v) is 29.0. The highest BCUT2D eigenvalue weighted by molar-refractivity contribution is 7.90. The highest BCUT2D eigenvalue weighted by atomic mass is 35.5. The van der Waals surface area contributed by atoms with Crippen LogP contribution in [0.3, 0.4) is 0 Å². The van der Waals surface area contributed by atoms with Gasteiger partial charge in [-0.15, -0.1) is 0 Å². The molecule has 1 fully saturated rings. The number of nitrogens with one attached hydrogen (secondary N) is 1. The van der Waals surface area contributed by atoms with Crippen LogP contribution < -0.4 is 14.4 Å². The van der Waals surface area contributed by atoms with Gasteiger partial charge in [0.1, 0.15) is 11.4 Å². The van der Waals surface area contributed by atoms with E-state index in [1.807, 2.05) is 25.1 Å². The average molecular weight is 681 g/mol. The van der Waals surface area contributed by atoms with E-state index >= 15 is 0 Å². The molecule has 2 bridgehead atoms. The van der Waals surface area contributed by atoms with Gasteiger partial charge in [-0.1, -0.05) is 42.5 Å². The van der Waals surface area contributed by atoms with Gasteiger partial charge < -0.3 is 19.5 Å². The van der Waals surface area contributed by atoms with Crippen molar-refractivity contribution in [2.24, 2.45) is 17.8 Å². The Morgan fingerprint density at radius 1 is 1.19 bits per heavy atom. The number of aliphatic hydroxyl groups is 1. The molecular weight excluding hydrogens is 636 g/mol. The number of allylic oxidation sites excluding steroid dienone is 1. The van der Waals surface area contributed by atoms with Crippen LogP contribution in [0.25, 0.3) is 0 Å². The molecule has 0 saturated heterocycles. The number of ether oxygens (including phenoxy) is 2. The summed E-state index contributed by atoms with van der Waals surface area (Å²) >= 11 is 6.44.